The van der Waals surface area contributed by atoms with Crippen molar-refractivity contribution in [1.82, 2.24) is 9.80 Å². The first-order valence-corrected chi connectivity index (χ1v) is 5.99. The molecule has 4 nitrogen and oxygen atoms in total. The predicted octanol–water partition coefficient (Wildman–Crippen LogP) is 1.61. The molecule has 0 aromatic heterocycles. The summed E-state index contributed by atoms with van der Waals surface area (Å²) in [4.78, 5) is 14.9. The molecule has 1 atom stereocenters. The third-order valence-electron chi connectivity index (χ3n) is 3.57. The van der Waals surface area contributed by atoms with Crippen LogP contribution >= 0.6 is 0 Å². The van der Waals surface area contributed by atoms with E-state index in [0.29, 0.717) is 6.04 Å². The van der Waals surface area contributed by atoms with Gasteiger partial charge >= 0.3 is 6.09 Å². The monoisotopic (exact) mass is 212 g/mol. The van der Waals surface area contributed by atoms with Crippen LogP contribution in [-0.4, -0.2) is 53.2 Å². The van der Waals surface area contributed by atoms with E-state index in [1.807, 2.05) is 0 Å². The topological polar surface area (TPSA) is 43.8 Å². The van der Waals surface area contributed by atoms with Crippen molar-refractivity contribution in [3.8, 4) is 0 Å². The molecule has 0 aromatic carbocycles. The SMILES string of the molecule is O=C(O)N1CCCC(N2CCCCC2)C1. The summed E-state index contributed by atoms with van der Waals surface area (Å²) in [6.45, 7) is 3.77. The average molecular weight is 212 g/mol. The average Bonchev–Trinajstić information content (AvgIpc) is 2.30. The van der Waals surface area contributed by atoms with E-state index in [9.17, 15) is 4.79 Å². The summed E-state index contributed by atoms with van der Waals surface area (Å²) in [6, 6.07) is 0.482. The molecule has 1 N–H and O–H groups in total. The Hall–Kier alpha value is -0.770. The van der Waals surface area contributed by atoms with Gasteiger partial charge < -0.3 is 10.0 Å². The Bertz CT molecular complexity index is 227. The van der Waals surface area contributed by atoms with Gasteiger partial charge in [0.05, 0.1) is 0 Å². The Morgan fingerprint density at radius 1 is 1.07 bits per heavy atom. The van der Waals surface area contributed by atoms with Crippen molar-refractivity contribution in [3.63, 3.8) is 0 Å². The van der Waals surface area contributed by atoms with E-state index in [1.165, 1.54) is 25.7 Å². The molecule has 0 bridgehead atoms. The third kappa shape index (κ3) is 2.62. The zero-order chi connectivity index (χ0) is 10.7. The fraction of sp³-hybridized carbons (Fsp3) is 0.909. The van der Waals surface area contributed by atoms with Crippen molar-refractivity contribution >= 4 is 6.09 Å². The van der Waals surface area contributed by atoms with Crippen molar-refractivity contribution in [2.24, 2.45) is 0 Å². The molecule has 86 valence electrons. The number of likely N-dealkylation sites (tertiary alicyclic amines) is 2. The molecule has 2 aliphatic rings. The van der Waals surface area contributed by atoms with Crippen LogP contribution in [0, 0.1) is 0 Å². The molecule has 0 spiro atoms. The van der Waals surface area contributed by atoms with Gasteiger partial charge in [0.25, 0.3) is 0 Å². The molecule has 0 aliphatic carbocycles. The van der Waals surface area contributed by atoms with Crippen LogP contribution in [0.4, 0.5) is 4.79 Å². The molecule has 1 unspecified atom stereocenters. The molecule has 2 saturated heterocycles. The lowest BCUT2D eigenvalue weighted by Gasteiger charge is -2.40. The normalized spacial score (nSPS) is 29.1. The van der Waals surface area contributed by atoms with Crippen molar-refractivity contribution in [1.29, 1.82) is 0 Å². The highest BCUT2D eigenvalue weighted by Crippen LogP contribution is 2.20. The minimum absolute atomic E-state index is 0.482. The molecule has 2 fully saturated rings. The lowest BCUT2D eigenvalue weighted by Crippen LogP contribution is -2.50. The number of rotatable bonds is 1. The first-order chi connectivity index (χ1) is 7.27. The van der Waals surface area contributed by atoms with Crippen LogP contribution in [0.5, 0.6) is 0 Å². The largest absolute Gasteiger partial charge is 0.465 e. The van der Waals surface area contributed by atoms with E-state index < -0.39 is 6.09 Å². The van der Waals surface area contributed by atoms with E-state index >= 15 is 0 Å². The second kappa shape index (κ2) is 4.84. The molecule has 0 saturated carbocycles. The minimum Gasteiger partial charge on any atom is -0.465 e. The van der Waals surface area contributed by atoms with Gasteiger partial charge in [-0.1, -0.05) is 6.42 Å². The smallest absolute Gasteiger partial charge is 0.407 e. The lowest BCUT2D eigenvalue weighted by molar-refractivity contribution is 0.0761. The number of amides is 1. The number of carbonyl (C=O) groups is 1. The van der Waals surface area contributed by atoms with Gasteiger partial charge in [-0.05, 0) is 38.8 Å². The summed E-state index contributed by atoms with van der Waals surface area (Å²) in [5.74, 6) is 0. The summed E-state index contributed by atoms with van der Waals surface area (Å²) in [7, 11) is 0. The summed E-state index contributed by atoms with van der Waals surface area (Å²) < 4.78 is 0. The highest BCUT2D eigenvalue weighted by Gasteiger charge is 2.28. The van der Waals surface area contributed by atoms with Crippen LogP contribution in [-0.2, 0) is 0 Å². The van der Waals surface area contributed by atoms with Gasteiger partial charge in [-0.2, -0.15) is 0 Å². The minimum atomic E-state index is -0.753. The van der Waals surface area contributed by atoms with Gasteiger partial charge in [-0.3, -0.25) is 4.90 Å². The standard InChI is InChI=1S/C11H20N2O2/c14-11(15)13-8-4-5-10(9-13)12-6-2-1-3-7-12/h10H,1-9H2,(H,14,15). The van der Waals surface area contributed by atoms with Crippen LogP contribution in [0.1, 0.15) is 32.1 Å². The first kappa shape index (κ1) is 10.7. The van der Waals surface area contributed by atoms with E-state index in [1.54, 1.807) is 4.90 Å². The maximum atomic E-state index is 10.9. The Labute approximate surface area is 90.9 Å². The number of hydrogen-bond donors (Lipinski definition) is 1. The molecule has 0 aromatic rings. The molecule has 4 heteroatoms. The second-order valence-corrected chi connectivity index (χ2v) is 4.62. The van der Waals surface area contributed by atoms with Gasteiger partial charge in [0.1, 0.15) is 0 Å². The number of carboxylic acid groups (broad SMARTS) is 1. The van der Waals surface area contributed by atoms with E-state index in [-0.39, 0.29) is 0 Å². The van der Waals surface area contributed by atoms with Gasteiger partial charge in [0.15, 0.2) is 0 Å². The number of piperidine rings is 2. The molecule has 2 rings (SSSR count). The molecule has 1 amide bonds. The summed E-state index contributed by atoms with van der Waals surface area (Å²) in [5.41, 5.74) is 0. The maximum absolute atomic E-state index is 10.9. The predicted molar refractivity (Wildman–Crippen MR) is 58.0 cm³/mol. The van der Waals surface area contributed by atoms with Crippen LogP contribution in [0.3, 0.4) is 0 Å². The molecule has 2 aliphatic heterocycles. The second-order valence-electron chi connectivity index (χ2n) is 4.62. The van der Waals surface area contributed by atoms with Gasteiger partial charge in [0.2, 0.25) is 0 Å². The quantitative estimate of drug-likeness (QED) is 0.718. The van der Waals surface area contributed by atoms with E-state index in [4.69, 9.17) is 5.11 Å². The van der Waals surface area contributed by atoms with Gasteiger partial charge in [0, 0.05) is 19.1 Å². The first-order valence-electron chi connectivity index (χ1n) is 5.99. The van der Waals surface area contributed by atoms with Crippen molar-refractivity contribution < 1.29 is 9.90 Å². The molecular weight excluding hydrogens is 192 g/mol. The summed E-state index contributed by atoms with van der Waals surface area (Å²) in [6.07, 6.45) is 5.34. The third-order valence-corrected chi connectivity index (χ3v) is 3.57. The molecule has 2 heterocycles. The van der Waals surface area contributed by atoms with Crippen molar-refractivity contribution in [2.45, 2.75) is 38.1 Å². The van der Waals surface area contributed by atoms with Crippen LogP contribution in [0.25, 0.3) is 0 Å². The Morgan fingerprint density at radius 2 is 1.80 bits per heavy atom. The number of hydrogen-bond acceptors (Lipinski definition) is 2. The molecule has 15 heavy (non-hydrogen) atoms. The lowest BCUT2D eigenvalue weighted by atomic mass is 10.0. The summed E-state index contributed by atoms with van der Waals surface area (Å²) >= 11 is 0. The summed E-state index contributed by atoms with van der Waals surface area (Å²) in [5, 5.41) is 8.96. The Kier molecular flexibility index (Phi) is 3.46. The number of nitrogens with zero attached hydrogens (tertiary/aromatic N) is 2. The fourth-order valence-electron chi connectivity index (χ4n) is 2.71. The zero-order valence-electron chi connectivity index (χ0n) is 9.19. The Morgan fingerprint density at radius 3 is 2.47 bits per heavy atom. The van der Waals surface area contributed by atoms with Crippen molar-refractivity contribution in [3.05, 3.63) is 0 Å². The van der Waals surface area contributed by atoms with Gasteiger partial charge in [-0.15, -0.1) is 0 Å². The van der Waals surface area contributed by atoms with Crippen LogP contribution < -0.4 is 0 Å². The van der Waals surface area contributed by atoms with Crippen LogP contribution in [0.15, 0.2) is 0 Å². The fourth-order valence-corrected chi connectivity index (χ4v) is 2.71. The van der Waals surface area contributed by atoms with Crippen molar-refractivity contribution in [2.75, 3.05) is 26.2 Å². The molecular formula is C11H20N2O2. The van der Waals surface area contributed by atoms with Gasteiger partial charge in [-0.25, -0.2) is 4.79 Å². The highest BCUT2D eigenvalue weighted by atomic mass is 16.4. The van der Waals surface area contributed by atoms with E-state index in [2.05, 4.69) is 4.90 Å². The molecule has 0 radical (unpaired) electrons. The Balaban J connectivity index is 1.88. The highest BCUT2D eigenvalue weighted by molar-refractivity contribution is 5.65. The zero-order valence-corrected chi connectivity index (χ0v) is 9.19. The van der Waals surface area contributed by atoms with E-state index in [0.717, 1.165) is 32.6 Å². The van der Waals surface area contributed by atoms with Crippen LogP contribution in [0.2, 0.25) is 0 Å². The maximum Gasteiger partial charge on any atom is 0.407 e.